The second-order valence-corrected chi connectivity index (χ2v) is 6.68. The number of benzene rings is 1. The third-order valence-electron chi connectivity index (χ3n) is 1.60. The maximum atomic E-state index is 11.1. The molecule has 0 aliphatic heterocycles. The Morgan fingerprint density at radius 3 is 1.25 bits per heavy atom. The number of nitrogens with two attached hydrogens (primary N) is 2. The van der Waals surface area contributed by atoms with E-state index in [0.29, 0.717) is 0 Å². The second kappa shape index (κ2) is 4.13. The van der Waals surface area contributed by atoms with Gasteiger partial charge in [0.05, 0.1) is 10.0 Å². The highest BCUT2D eigenvalue weighted by atomic mass is 35.5. The van der Waals surface area contributed by atoms with Gasteiger partial charge in [-0.2, -0.15) is 0 Å². The summed E-state index contributed by atoms with van der Waals surface area (Å²) in [5.41, 5.74) is 0. The first-order valence-corrected chi connectivity index (χ1v) is 7.43. The molecule has 90 valence electrons. The minimum Gasteiger partial charge on any atom is -0.225 e. The Balaban J connectivity index is 3.80. The summed E-state index contributed by atoms with van der Waals surface area (Å²) < 4.78 is 44.5. The maximum Gasteiger partial charge on any atom is 0.239 e. The van der Waals surface area contributed by atoms with E-state index in [1.54, 1.807) is 0 Å². The third kappa shape index (κ3) is 2.84. The molecule has 1 rings (SSSR count). The summed E-state index contributed by atoms with van der Waals surface area (Å²) >= 11 is 11.1. The van der Waals surface area contributed by atoms with Crippen molar-refractivity contribution in [2.45, 2.75) is 9.79 Å². The van der Waals surface area contributed by atoms with E-state index in [2.05, 4.69) is 0 Å². The van der Waals surface area contributed by atoms with Crippen LogP contribution < -0.4 is 10.3 Å². The van der Waals surface area contributed by atoms with Crippen molar-refractivity contribution in [2.75, 3.05) is 0 Å². The molecule has 0 aliphatic carbocycles. The molecule has 1 aromatic rings. The van der Waals surface area contributed by atoms with Crippen LogP contribution in [0.1, 0.15) is 0 Å². The fourth-order valence-corrected chi connectivity index (χ4v) is 3.35. The first-order chi connectivity index (χ1) is 7.03. The van der Waals surface area contributed by atoms with Crippen molar-refractivity contribution in [3.05, 3.63) is 22.2 Å². The Bertz CT molecular complexity index is 582. The van der Waals surface area contributed by atoms with Crippen molar-refractivity contribution in [1.29, 1.82) is 0 Å². The highest BCUT2D eigenvalue weighted by Crippen LogP contribution is 2.29. The zero-order valence-corrected chi connectivity index (χ0v) is 10.7. The zero-order valence-electron chi connectivity index (χ0n) is 7.51. The van der Waals surface area contributed by atoms with Crippen LogP contribution in [0.15, 0.2) is 21.9 Å². The van der Waals surface area contributed by atoms with Crippen LogP contribution in [0.4, 0.5) is 0 Å². The average molecular weight is 305 g/mol. The summed E-state index contributed by atoms with van der Waals surface area (Å²) in [5, 5.41) is 9.37. The predicted octanol–water partition coefficient (Wildman–Crippen LogP) is 0.288. The molecule has 0 spiro atoms. The van der Waals surface area contributed by atoms with Crippen molar-refractivity contribution in [2.24, 2.45) is 10.3 Å². The van der Waals surface area contributed by atoms with Gasteiger partial charge in [0.2, 0.25) is 20.0 Å². The van der Waals surface area contributed by atoms with Gasteiger partial charge in [-0.15, -0.1) is 0 Å². The van der Waals surface area contributed by atoms with Gasteiger partial charge >= 0.3 is 0 Å². The van der Waals surface area contributed by atoms with Crippen LogP contribution in [-0.4, -0.2) is 16.8 Å². The van der Waals surface area contributed by atoms with Gasteiger partial charge in [0.15, 0.2) is 0 Å². The molecule has 0 radical (unpaired) electrons. The van der Waals surface area contributed by atoms with E-state index in [-0.39, 0.29) is 10.0 Å². The van der Waals surface area contributed by atoms with Crippen LogP contribution in [0.3, 0.4) is 0 Å². The van der Waals surface area contributed by atoms with Crippen LogP contribution in [0.5, 0.6) is 0 Å². The summed E-state index contributed by atoms with van der Waals surface area (Å²) in [6, 6.07) is 1.66. The van der Waals surface area contributed by atoms with E-state index >= 15 is 0 Å². The molecule has 0 aliphatic rings. The number of primary sulfonamides is 2. The quantitative estimate of drug-likeness (QED) is 0.815. The Kier molecular flexibility index (Phi) is 3.53. The van der Waals surface area contributed by atoms with Crippen LogP contribution in [-0.2, 0) is 20.0 Å². The van der Waals surface area contributed by atoms with E-state index in [4.69, 9.17) is 33.5 Å². The molecule has 0 saturated heterocycles. The number of sulfonamides is 2. The van der Waals surface area contributed by atoms with Gasteiger partial charge in [-0.1, -0.05) is 23.2 Å². The number of halogens is 2. The highest BCUT2D eigenvalue weighted by molar-refractivity contribution is 7.92. The van der Waals surface area contributed by atoms with E-state index in [9.17, 15) is 16.8 Å². The van der Waals surface area contributed by atoms with Crippen molar-refractivity contribution in [1.82, 2.24) is 0 Å². The highest BCUT2D eigenvalue weighted by Gasteiger charge is 2.23. The largest absolute Gasteiger partial charge is 0.239 e. The number of hydrogen-bond acceptors (Lipinski definition) is 4. The molecule has 0 heterocycles. The van der Waals surface area contributed by atoms with Gasteiger partial charge in [0.1, 0.15) is 9.79 Å². The molecule has 0 amide bonds. The van der Waals surface area contributed by atoms with Gasteiger partial charge in [0, 0.05) is 0 Å². The van der Waals surface area contributed by atoms with E-state index in [0.717, 1.165) is 12.1 Å². The predicted molar refractivity (Wildman–Crippen MR) is 59.2 cm³/mol. The normalized spacial score (nSPS) is 12.8. The maximum absolute atomic E-state index is 11.1. The Morgan fingerprint density at radius 1 is 0.812 bits per heavy atom. The lowest BCUT2D eigenvalue weighted by molar-refractivity contribution is 0.584. The molecule has 4 N–H and O–H groups in total. The molecule has 6 nitrogen and oxygen atoms in total. The van der Waals surface area contributed by atoms with Crippen LogP contribution >= 0.6 is 23.2 Å². The molecule has 0 atom stereocenters. The van der Waals surface area contributed by atoms with E-state index < -0.39 is 29.8 Å². The molecule has 0 fully saturated rings. The summed E-state index contributed by atoms with van der Waals surface area (Å²) in [4.78, 5) is -1.38. The smallest absolute Gasteiger partial charge is 0.225 e. The van der Waals surface area contributed by atoms with Crippen molar-refractivity contribution in [3.8, 4) is 0 Å². The SMILES string of the molecule is NS(=O)(=O)c1cc(Cl)c(Cl)cc1S(N)(=O)=O. The molecular formula is C6H6Cl2N2O4S2. The molecule has 10 heteroatoms. The Hall–Kier alpha value is -0.380. The topological polar surface area (TPSA) is 120 Å². The molecule has 0 unspecified atom stereocenters. The second-order valence-electron chi connectivity index (χ2n) is 2.80. The minimum atomic E-state index is -4.26. The monoisotopic (exact) mass is 304 g/mol. The van der Waals surface area contributed by atoms with Gasteiger partial charge in [0.25, 0.3) is 0 Å². The number of rotatable bonds is 2. The molecule has 0 bridgehead atoms. The summed E-state index contributed by atoms with van der Waals surface area (Å²) in [5.74, 6) is 0. The number of hydrogen-bond donors (Lipinski definition) is 2. The Morgan fingerprint density at radius 2 is 1.06 bits per heavy atom. The molecule has 0 saturated carbocycles. The van der Waals surface area contributed by atoms with E-state index in [1.165, 1.54) is 0 Å². The van der Waals surface area contributed by atoms with Gasteiger partial charge in [-0.05, 0) is 12.1 Å². The average Bonchev–Trinajstić information content (AvgIpc) is 2.05. The third-order valence-corrected chi connectivity index (χ3v) is 4.35. The molecular weight excluding hydrogens is 299 g/mol. The van der Waals surface area contributed by atoms with Gasteiger partial charge < -0.3 is 0 Å². The first kappa shape index (κ1) is 13.7. The van der Waals surface area contributed by atoms with Crippen molar-refractivity contribution < 1.29 is 16.8 Å². The van der Waals surface area contributed by atoms with Crippen molar-refractivity contribution >= 4 is 43.2 Å². The standard InChI is InChI=1S/C6H6Cl2N2O4S2/c7-3-1-5(15(9,11)12)6(2-4(3)8)16(10,13)14/h1-2H,(H2,9,11,12)(H2,10,13,14). The Labute approximate surface area is 102 Å². The fraction of sp³-hybridized carbons (Fsp3) is 0. The van der Waals surface area contributed by atoms with Gasteiger partial charge in [-0.3, -0.25) is 0 Å². The minimum absolute atomic E-state index is 0.141. The van der Waals surface area contributed by atoms with Crippen LogP contribution in [0.25, 0.3) is 0 Å². The molecule has 1 aromatic carbocycles. The zero-order chi connectivity index (χ0) is 12.7. The first-order valence-electron chi connectivity index (χ1n) is 3.58. The summed E-state index contributed by atoms with van der Waals surface area (Å²) in [6.07, 6.45) is 0. The lowest BCUT2D eigenvalue weighted by atomic mass is 10.3. The van der Waals surface area contributed by atoms with Gasteiger partial charge in [-0.25, -0.2) is 27.1 Å². The van der Waals surface area contributed by atoms with E-state index in [1.807, 2.05) is 0 Å². The van der Waals surface area contributed by atoms with Crippen LogP contribution in [0, 0.1) is 0 Å². The summed E-state index contributed by atoms with van der Waals surface area (Å²) in [6.45, 7) is 0. The van der Waals surface area contributed by atoms with Crippen LogP contribution in [0.2, 0.25) is 10.0 Å². The lowest BCUT2D eigenvalue weighted by Gasteiger charge is -2.07. The lowest BCUT2D eigenvalue weighted by Crippen LogP contribution is -2.20. The fourth-order valence-electron chi connectivity index (χ4n) is 0.955. The molecule has 0 aromatic heterocycles. The summed E-state index contributed by atoms with van der Waals surface area (Å²) in [7, 11) is -8.52. The van der Waals surface area contributed by atoms with Crippen molar-refractivity contribution in [3.63, 3.8) is 0 Å². The molecule has 16 heavy (non-hydrogen) atoms.